The van der Waals surface area contributed by atoms with Crippen molar-refractivity contribution in [3.05, 3.63) is 41.3 Å². The second-order valence-electron chi connectivity index (χ2n) is 9.34. The van der Waals surface area contributed by atoms with Crippen LogP contribution in [-0.2, 0) is 18.3 Å². The van der Waals surface area contributed by atoms with Crippen LogP contribution in [0.2, 0.25) is 0 Å². The first-order chi connectivity index (χ1) is 15.0. The fourth-order valence-corrected chi connectivity index (χ4v) is 5.24. The number of anilines is 2. The minimum absolute atomic E-state index is 0.0213. The van der Waals surface area contributed by atoms with Gasteiger partial charge in [-0.2, -0.15) is 5.10 Å². The first kappa shape index (κ1) is 19.0. The van der Waals surface area contributed by atoms with Crippen LogP contribution in [0.5, 0.6) is 0 Å². The highest BCUT2D eigenvalue weighted by Crippen LogP contribution is 2.35. The number of morpholine rings is 1. The molecule has 6 heterocycles. The predicted octanol–water partition coefficient (Wildman–Crippen LogP) is 1.97. The van der Waals surface area contributed by atoms with Gasteiger partial charge in [-0.15, -0.1) is 0 Å². The molecule has 3 aromatic rings. The van der Waals surface area contributed by atoms with E-state index in [0.29, 0.717) is 5.92 Å². The van der Waals surface area contributed by atoms with E-state index in [1.165, 1.54) is 16.9 Å². The molecule has 0 radical (unpaired) electrons. The standard InChI is InChI=1S/C23H29N7O/c1-15-10-30(19-8-16(2)26-22-18(19)9-25-28(22)3)11-17-4-5-20(27-21(15)17)29-6-7-31-23(14-29)12-24-13-23/h4-5,8-9,15,24H,6-7,10-14H2,1-3H3/t15-/m0/s1. The molecular weight excluding hydrogens is 390 g/mol. The first-order valence-corrected chi connectivity index (χ1v) is 11.2. The molecule has 8 nitrogen and oxygen atoms in total. The van der Waals surface area contributed by atoms with Gasteiger partial charge in [-0.25, -0.2) is 9.97 Å². The summed E-state index contributed by atoms with van der Waals surface area (Å²) >= 11 is 0. The van der Waals surface area contributed by atoms with E-state index >= 15 is 0 Å². The lowest BCUT2D eigenvalue weighted by Gasteiger charge is -2.49. The molecule has 0 amide bonds. The molecule has 6 rings (SSSR count). The van der Waals surface area contributed by atoms with E-state index in [9.17, 15) is 0 Å². The number of aromatic nitrogens is 4. The summed E-state index contributed by atoms with van der Waals surface area (Å²) in [5.74, 6) is 1.44. The number of hydrogen-bond donors (Lipinski definition) is 1. The van der Waals surface area contributed by atoms with E-state index in [2.05, 4.69) is 57.2 Å². The van der Waals surface area contributed by atoms with Crippen molar-refractivity contribution in [3.8, 4) is 0 Å². The van der Waals surface area contributed by atoms with Crippen molar-refractivity contribution >= 4 is 22.5 Å². The van der Waals surface area contributed by atoms with Gasteiger partial charge in [-0.1, -0.05) is 13.0 Å². The van der Waals surface area contributed by atoms with Crippen LogP contribution in [0.15, 0.2) is 24.4 Å². The Morgan fingerprint density at radius 1 is 1.19 bits per heavy atom. The number of fused-ring (bicyclic) bond motifs is 2. The van der Waals surface area contributed by atoms with Crippen molar-refractivity contribution in [2.75, 3.05) is 49.1 Å². The number of aryl methyl sites for hydroxylation is 2. The topological polar surface area (TPSA) is 71.3 Å². The number of rotatable bonds is 2. The Hall–Kier alpha value is -2.71. The van der Waals surface area contributed by atoms with Crippen LogP contribution < -0.4 is 15.1 Å². The number of nitrogens with zero attached hydrogens (tertiary/aromatic N) is 6. The van der Waals surface area contributed by atoms with Gasteiger partial charge in [-0.3, -0.25) is 4.68 Å². The third-order valence-electron chi connectivity index (χ3n) is 6.94. The molecule has 31 heavy (non-hydrogen) atoms. The normalized spacial score (nSPS) is 22.6. The molecule has 3 aromatic heterocycles. The van der Waals surface area contributed by atoms with Crippen molar-refractivity contribution in [3.63, 3.8) is 0 Å². The first-order valence-electron chi connectivity index (χ1n) is 11.2. The molecule has 0 bridgehead atoms. The van der Waals surface area contributed by atoms with Crippen molar-refractivity contribution in [2.45, 2.75) is 31.9 Å². The van der Waals surface area contributed by atoms with Gasteiger partial charge in [0.2, 0.25) is 0 Å². The van der Waals surface area contributed by atoms with E-state index in [1.54, 1.807) is 0 Å². The zero-order chi connectivity index (χ0) is 21.2. The summed E-state index contributed by atoms with van der Waals surface area (Å²) in [5, 5.41) is 8.90. The molecule has 162 valence electrons. The van der Waals surface area contributed by atoms with Crippen LogP contribution in [0.4, 0.5) is 11.5 Å². The average Bonchev–Trinajstić information content (AvgIpc) is 3.12. The Morgan fingerprint density at radius 2 is 2.06 bits per heavy atom. The number of pyridine rings is 2. The van der Waals surface area contributed by atoms with E-state index in [-0.39, 0.29) is 5.60 Å². The molecule has 0 aromatic carbocycles. The van der Waals surface area contributed by atoms with Gasteiger partial charge in [0.15, 0.2) is 5.65 Å². The van der Waals surface area contributed by atoms with Crippen LogP contribution in [0, 0.1) is 6.92 Å². The molecule has 1 N–H and O–H groups in total. The Kier molecular flexibility index (Phi) is 4.23. The molecule has 0 aliphatic carbocycles. The van der Waals surface area contributed by atoms with E-state index in [4.69, 9.17) is 9.72 Å². The largest absolute Gasteiger partial charge is 0.369 e. The summed E-state index contributed by atoms with van der Waals surface area (Å²) in [4.78, 5) is 14.7. The number of hydrogen-bond acceptors (Lipinski definition) is 7. The molecular formula is C23H29N7O. The summed E-state index contributed by atoms with van der Waals surface area (Å²) in [6, 6.07) is 6.65. The maximum Gasteiger partial charge on any atom is 0.159 e. The van der Waals surface area contributed by atoms with Gasteiger partial charge in [-0.05, 0) is 24.6 Å². The van der Waals surface area contributed by atoms with E-state index in [1.807, 2.05) is 17.9 Å². The molecule has 3 aliphatic rings. The zero-order valence-corrected chi connectivity index (χ0v) is 18.4. The monoisotopic (exact) mass is 419 g/mol. The summed E-state index contributed by atoms with van der Waals surface area (Å²) in [6.07, 6.45) is 1.93. The average molecular weight is 420 g/mol. The van der Waals surface area contributed by atoms with Crippen molar-refractivity contribution in [1.82, 2.24) is 25.1 Å². The number of nitrogens with one attached hydrogen (secondary N) is 1. The lowest BCUT2D eigenvalue weighted by atomic mass is 9.94. The molecule has 1 atom stereocenters. The quantitative estimate of drug-likeness (QED) is 0.681. The molecule has 0 unspecified atom stereocenters. The Morgan fingerprint density at radius 3 is 2.87 bits per heavy atom. The summed E-state index contributed by atoms with van der Waals surface area (Å²) in [5.41, 5.74) is 5.69. The molecule has 3 aliphatic heterocycles. The van der Waals surface area contributed by atoms with Crippen molar-refractivity contribution in [2.24, 2.45) is 7.05 Å². The predicted molar refractivity (Wildman–Crippen MR) is 121 cm³/mol. The zero-order valence-electron chi connectivity index (χ0n) is 18.4. The van der Waals surface area contributed by atoms with Gasteiger partial charge in [0, 0.05) is 51.4 Å². The smallest absolute Gasteiger partial charge is 0.159 e. The minimum atomic E-state index is -0.0213. The lowest BCUT2D eigenvalue weighted by Crippen LogP contribution is -2.69. The Balaban J connectivity index is 1.30. The second-order valence-corrected chi connectivity index (χ2v) is 9.34. The van der Waals surface area contributed by atoms with Gasteiger partial charge in [0.25, 0.3) is 0 Å². The summed E-state index contributed by atoms with van der Waals surface area (Å²) in [6.45, 7) is 10.6. The molecule has 0 saturated carbocycles. The lowest BCUT2D eigenvalue weighted by molar-refractivity contribution is -0.0883. The number of ether oxygens (including phenoxy) is 1. The molecule has 2 fully saturated rings. The fraction of sp³-hybridized carbons (Fsp3) is 0.522. The van der Waals surface area contributed by atoms with E-state index in [0.717, 1.165) is 68.4 Å². The molecule has 8 heteroatoms. The highest BCUT2D eigenvalue weighted by atomic mass is 16.5. The van der Waals surface area contributed by atoms with Crippen molar-refractivity contribution in [1.29, 1.82) is 0 Å². The van der Waals surface area contributed by atoms with E-state index < -0.39 is 0 Å². The van der Waals surface area contributed by atoms with Crippen LogP contribution >= 0.6 is 0 Å². The Bertz CT molecular complexity index is 1150. The highest BCUT2D eigenvalue weighted by Gasteiger charge is 2.42. The Labute approximate surface area is 182 Å². The van der Waals surface area contributed by atoms with Crippen LogP contribution in [-0.4, -0.2) is 64.7 Å². The SMILES string of the molecule is Cc1cc(N2Cc3ccc(N4CCOC5(CNC5)C4)nc3[C@@H](C)C2)c2cnn(C)c2n1. The van der Waals surface area contributed by atoms with Gasteiger partial charge in [0.05, 0.1) is 36.1 Å². The molecule has 1 spiro atoms. The third-order valence-corrected chi connectivity index (χ3v) is 6.94. The minimum Gasteiger partial charge on any atom is -0.369 e. The fourth-order valence-electron chi connectivity index (χ4n) is 5.24. The van der Waals surface area contributed by atoms with Crippen LogP contribution in [0.25, 0.3) is 11.0 Å². The van der Waals surface area contributed by atoms with Crippen molar-refractivity contribution < 1.29 is 4.74 Å². The maximum atomic E-state index is 6.05. The van der Waals surface area contributed by atoms with Gasteiger partial charge >= 0.3 is 0 Å². The summed E-state index contributed by atoms with van der Waals surface area (Å²) in [7, 11) is 1.95. The highest BCUT2D eigenvalue weighted by molar-refractivity contribution is 5.89. The van der Waals surface area contributed by atoms with Crippen LogP contribution in [0.1, 0.15) is 29.8 Å². The summed E-state index contributed by atoms with van der Waals surface area (Å²) < 4.78 is 7.90. The van der Waals surface area contributed by atoms with Crippen LogP contribution in [0.3, 0.4) is 0 Å². The van der Waals surface area contributed by atoms with Gasteiger partial charge < -0.3 is 19.9 Å². The maximum absolute atomic E-state index is 6.05. The third kappa shape index (κ3) is 3.08. The van der Waals surface area contributed by atoms with Gasteiger partial charge in [0.1, 0.15) is 11.4 Å². The second kappa shape index (κ2) is 6.90. The molecule has 2 saturated heterocycles.